The molecule has 0 radical (unpaired) electrons. The zero-order valence-corrected chi connectivity index (χ0v) is 21.5. The summed E-state index contributed by atoms with van der Waals surface area (Å²) in [4.78, 5) is 39.2. The normalized spacial score (nSPS) is 13.8. The summed E-state index contributed by atoms with van der Waals surface area (Å²) in [7, 11) is 0. The first kappa shape index (κ1) is 26.4. The number of fused-ring (bicyclic) bond motifs is 1. The van der Waals surface area contributed by atoms with E-state index < -0.39 is 23.8 Å². The molecule has 0 bridgehead atoms. The van der Waals surface area contributed by atoms with Gasteiger partial charge in [-0.3, -0.25) is 4.90 Å². The third-order valence-electron chi connectivity index (χ3n) is 6.13. The van der Waals surface area contributed by atoms with Crippen molar-refractivity contribution in [2.45, 2.75) is 79.4 Å². The summed E-state index contributed by atoms with van der Waals surface area (Å²) in [6.45, 7) is 12.4. The van der Waals surface area contributed by atoms with Crippen molar-refractivity contribution in [2.75, 3.05) is 6.61 Å². The van der Waals surface area contributed by atoms with Crippen LogP contribution in [0, 0.1) is 13.8 Å². The summed E-state index contributed by atoms with van der Waals surface area (Å²) in [5.41, 5.74) is 5.36. The van der Waals surface area contributed by atoms with Gasteiger partial charge in [-0.05, 0) is 80.5 Å². The van der Waals surface area contributed by atoms with Gasteiger partial charge in [0.05, 0.1) is 12.2 Å². The highest BCUT2D eigenvalue weighted by atomic mass is 16.6. The molecule has 35 heavy (non-hydrogen) atoms. The number of aldehydes is 1. The van der Waals surface area contributed by atoms with Crippen LogP contribution in [-0.4, -0.2) is 35.5 Å². The molecule has 1 aliphatic heterocycles. The number of nitrogens with zero attached hydrogens (tertiary/aromatic N) is 1. The maximum Gasteiger partial charge on any atom is 0.410 e. The zero-order valence-electron chi connectivity index (χ0n) is 21.5. The monoisotopic (exact) mass is 481 g/mol. The molecule has 0 saturated carbocycles. The minimum absolute atomic E-state index is 0.136. The van der Waals surface area contributed by atoms with Crippen molar-refractivity contribution in [3.05, 3.63) is 69.3 Å². The summed E-state index contributed by atoms with van der Waals surface area (Å²) in [6, 6.07) is 9.52. The third-order valence-corrected chi connectivity index (χ3v) is 6.13. The number of esters is 1. The topological polar surface area (TPSA) is 82.1 Å². The molecule has 1 atom stereocenters. The second-order valence-corrected chi connectivity index (χ2v) is 9.73. The highest BCUT2D eigenvalue weighted by molar-refractivity contribution is 5.80. The van der Waals surface area contributed by atoms with E-state index in [4.69, 9.17) is 14.2 Å². The maximum absolute atomic E-state index is 13.0. The molecule has 7 heteroatoms. The number of amides is 1. The van der Waals surface area contributed by atoms with Crippen molar-refractivity contribution < 1.29 is 28.6 Å². The van der Waals surface area contributed by atoms with Crippen molar-refractivity contribution in [1.29, 1.82) is 0 Å². The quantitative estimate of drug-likeness (QED) is 0.385. The van der Waals surface area contributed by atoms with Crippen LogP contribution in [0.3, 0.4) is 0 Å². The van der Waals surface area contributed by atoms with Gasteiger partial charge in [0.15, 0.2) is 6.10 Å². The molecule has 0 N–H and O–H groups in total. The molecule has 0 spiro atoms. The maximum atomic E-state index is 13.0. The number of benzene rings is 2. The Kier molecular flexibility index (Phi) is 8.33. The first-order valence-electron chi connectivity index (χ1n) is 11.9. The fourth-order valence-corrected chi connectivity index (χ4v) is 4.53. The van der Waals surface area contributed by atoms with Gasteiger partial charge in [-0.2, -0.15) is 0 Å². The van der Waals surface area contributed by atoms with Crippen LogP contribution in [0.5, 0.6) is 0 Å². The van der Waals surface area contributed by atoms with Crippen LogP contribution in [0.2, 0.25) is 0 Å². The molecule has 2 aromatic rings. The molecule has 3 rings (SSSR count). The predicted octanol–water partition coefficient (Wildman–Crippen LogP) is 5.12. The number of ether oxygens (including phenoxy) is 3. The summed E-state index contributed by atoms with van der Waals surface area (Å²) < 4.78 is 17.1. The Balaban J connectivity index is 1.97. The fraction of sp³-hybridized carbons (Fsp3) is 0.464. The van der Waals surface area contributed by atoms with Crippen molar-refractivity contribution in [2.24, 2.45) is 0 Å². The van der Waals surface area contributed by atoms with E-state index >= 15 is 0 Å². The summed E-state index contributed by atoms with van der Waals surface area (Å²) in [5.74, 6) is -0.492. The van der Waals surface area contributed by atoms with E-state index in [0.717, 1.165) is 39.7 Å². The van der Waals surface area contributed by atoms with Crippen LogP contribution in [0.1, 0.15) is 72.7 Å². The SMILES string of the molecule is CCOC(=O)[C@@H](OC(C)(C)C)c1c(C)c2c(c(C)c1CC=O)CN(C(=O)OCc1ccccc1)C2. The van der Waals surface area contributed by atoms with Crippen LogP contribution in [0.15, 0.2) is 30.3 Å². The van der Waals surface area contributed by atoms with E-state index in [1.165, 1.54) is 0 Å². The van der Waals surface area contributed by atoms with E-state index in [2.05, 4.69) is 0 Å². The highest BCUT2D eigenvalue weighted by Gasteiger charge is 2.36. The van der Waals surface area contributed by atoms with E-state index in [0.29, 0.717) is 18.7 Å². The molecule has 0 saturated heterocycles. The molecule has 1 aliphatic rings. The summed E-state index contributed by atoms with van der Waals surface area (Å²) in [5, 5.41) is 0. The lowest BCUT2D eigenvalue weighted by molar-refractivity contribution is -0.167. The van der Waals surface area contributed by atoms with Gasteiger partial charge in [0.2, 0.25) is 0 Å². The van der Waals surface area contributed by atoms with Crippen LogP contribution in [0.25, 0.3) is 0 Å². The van der Waals surface area contributed by atoms with Gasteiger partial charge in [-0.25, -0.2) is 9.59 Å². The van der Waals surface area contributed by atoms with Gasteiger partial charge in [0.1, 0.15) is 12.9 Å². The second-order valence-electron chi connectivity index (χ2n) is 9.73. The predicted molar refractivity (Wildman–Crippen MR) is 132 cm³/mol. The molecule has 0 aliphatic carbocycles. The third kappa shape index (κ3) is 6.09. The van der Waals surface area contributed by atoms with Gasteiger partial charge in [-0.1, -0.05) is 30.3 Å². The Morgan fingerprint density at radius 2 is 1.66 bits per heavy atom. The molecule has 0 fully saturated rings. The Hall–Kier alpha value is -3.19. The standard InChI is InChI=1S/C28H35NO6/c1-7-33-26(31)25(35-28(4,5)6)24-19(3)23-16-29(15-22(23)18(2)21(24)13-14-30)27(32)34-17-20-11-9-8-10-12-20/h8-12,14,25H,7,13,15-17H2,1-6H3/t25-/m0/s1. The van der Waals surface area contributed by atoms with Gasteiger partial charge < -0.3 is 19.0 Å². The lowest BCUT2D eigenvalue weighted by atomic mass is 9.85. The van der Waals surface area contributed by atoms with Crippen molar-refractivity contribution in [1.82, 2.24) is 4.90 Å². The average Bonchev–Trinajstić information content (AvgIpc) is 3.26. The van der Waals surface area contributed by atoms with Crippen LogP contribution in [-0.2, 0) is 49.9 Å². The van der Waals surface area contributed by atoms with Crippen LogP contribution >= 0.6 is 0 Å². The van der Waals surface area contributed by atoms with E-state index in [1.54, 1.807) is 11.8 Å². The first-order chi connectivity index (χ1) is 16.6. The smallest absolute Gasteiger partial charge is 0.410 e. The highest BCUT2D eigenvalue weighted by Crippen LogP contribution is 2.39. The first-order valence-corrected chi connectivity index (χ1v) is 11.9. The number of hydrogen-bond donors (Lipinski definition) is 0. The van der Waals surface area contributed by atoms with Gasteiger partial charge in [0, 0.05) is 19.5 Å². The minimum Gasteiger partial charge on any atom is -0.464 e. The molecular formula is C28H35NO6. The molecule has 188 valence electrons. The lowest BCUT2D eigenvalue weighted by Crippen LogP contribution is -2.30. The fourth-order valence-electron chi connectivity index (χ4n) is 4.53. The number of carbonyl (C=O) groups is 3. The van der Waals surface area contributed by atoms with Crippen molar-refractivity contribution >= 4 is 18.3 Å². The average molecular weight is 482 g/mol. The van der Waals surface area contributed by atoms with Crippen LogP contribution < -0.4 is 0 Å². The van der Waals surface area contributed by atoms with Gasteiger partial charge in [0.25, 0.3) is 0 Å². The largest absolute Gasteiger partial charge is 0.464 e. The zero-order chi connectivity index (χ0) is 25.8. The molecular weight excluding hydrogens is 446 g/mol. The number of hydrogen-bond acceptors (Lipinski definition) is 6. The lowest BCUT2D eigenvalue weighted by Gasteiger charge is -2.30. The molecule has 2 aromatic carbocycles. The number of carbonyl (C=O) groups excluding carboxylic acids is 3. The van der Waals surface area contributed by atoms with E-state index in [1.807, 2.05) is 65.0 Å². The Labute approximate surface area is 207 Å². The Morgan fingerprint density at radius 1 is 1.03 bits per heavy atom. The molecule has 0 aromatic heterocycles. The number of rotatable bonds is 8. The van der Waals surface area contributed by atoms with E-state index in [-0.39, 0.29) is 19.6 Å². The molecule has 0 unspecified atom stereocenters. The molecule has 1 amide bonds. The minimum atomic E-state index is -0.979. The van der Waals surface area contributed by atoms with Crippen molar-refractivity contribution in [3.8, 4) is 0 Å². The summed E-state index contributed by atoms with van der Waals surface area (Å²) >= 11 is 0. The van der Waals surface area contributed by atoms with E-state index in [9.17, 15) is 14.4 Å². The second kappa shape index (κ2) is 11.0. The molecule has 1 heterocycles. The van der Waals surface area contributed by atoms with Crippen molar-refractivity contribution in [3.63, 3.8) is 0 Å². The van der Waals surface area contributed by atoms with Gasteiger partial charge >= 0.3 is 12.1 Å². The molecule has 7 nitrogen and oxygen atoms in total. The van der Waals surface area contributed by atoms with Crippen LogP contribution in [0.4, 0.5) is 4.79 Å². The Morgan fingerprint density at radius 3 is 2.23 bits per heavy atom. The summed E-state index contributed by atoms with van der Waals surface area (Å²) in [6.07, 6.45) is -0.419. The van der Waals surface area contributed by atoms with Gasteiger partial charge in [-0.15, -0.1) is 0 Å². The Bertz CT molecular complexity index is 1090.